The van der Waals surface area contributed by atoms with Crippen LogP contribution in [-0.2, 0) is 14.8 Å². The molecule has 0 unspecified atom stereocenters. The van der Waals surface area contributed by atoms with Crippen LogP contribution in [0.15, 0.2) is 23.1 Å². The van der Waals surface area contributed by atoms with Gasteiger partial charge in [0.15, 0.2) is 11.5 Å². The van der Waals surface area contributed by atoms with Gasteiger partial charge in [0, 0.05) is 45.2 Å². The molecule has 10 heteroatoms. The van der Waals surface area contributed by atoms with Crippen molar-refractivity contribution in [3.05, 3.63) is 18.2 Å². The third kappa shape index (κ3) is 5.04. The van der Waals surface area contributed by atoms with Crippen molar-refractivity contribution >= 4 is 28.3 Å². The Hall–Kier alpha value is -1.55. The average molecular weight is 420 g/mol. The molecule has 27 heavy (non-hydrogen) atoms. The second-order valence-corrected chi connectivity index (χ2v) is 8.24. The van der Waals surface area contributed by atoms with Gasteiger partial charge in [-0.25, -0.2) is 8.42 Å². The lowest BCUT2D eigenvalue weighted by Gasteiger charge is -2.23. The summed E-state index contributed by atoms with van der Waals surface area (Å²) in [5.74, 6) is 1.07. The minimum absolute atomic E-state index is 0. The molecule has 1 aromatic rings. The van der Waals surface area contributed by atoms with E-state index in [4.69, 9.17) is 9.47 Å². The Labute approximate surface area is 166 Å². The number of sulfonamides is 1. The summed E-state index contributed by atoms with van der Waals surface area (Å²) in [4.78, 5) is 14.1. The van der Waals surface area contributed by atoms with Gasteiger partial charge in [-0.1, -0.05) is 0 Å². The zero-order chi connectivity index (χ0) is 18.6. The van der Waals surface area contributed by atoms with Crippen LogP contribution < -0.4 is 14.8 Å². The van der Waals surface area contributed by atoms with Crippen molar-refractivity contribution in [3.63, 3.8) is 0 Å². The first kappa shape index (κ1) is 21.7. The van der Waals surface area contributed by atoms with Crippen LogP contribution in [-0.4, -0.2) is 76.5 Å². The lowest BCUT2D eigenvalue weighted by atomic mass is 10.3. The molecular formula is C17H26ClN3O5S. The smallest absolute Gasteiger partial charge is 0.243 e. The molecule has 1 fully saturated rings. The van der Waals surface area contributed by atoms with Crippen LogP contribution in [0.3, 0.4) is 0 Å². The molecule has 1 amide bonds. The molecule has 1 N–H and O–H groups in total. The molecule has 2 heterocycles. The van der Waals surface area contributed by atoms with E-state index < -0.39 is 10.0 Å². The van der Waals surface area contributed by atoms with Gasteiger partial charge in [0.05, 0.1) is 4.90 Å². The van der Waals surface area contributed by atoms with E-state index in [-0.39, 0.29) is 23.2 Å². The minimum Gasteiger partial charge on any atom is -0.486 e. The Bertz CT molecular complexity index is 759. The van der Waals surface area contributed by atoms with Crippen molar-refractivity contribution in [2.45, 2.75) is 17.7 Å². The summed E-state index contributed by atoms with van der Waals surface area (Å²) in [5.41, 5.74) is 0. The van der Waals surface area contributed by atoms with Crippen molar-refractivity contribution in [3.8, 4) is 11.5 Å². The van der Waals surface area contributed by atoms with Crippen LogP contribution in [0.25, 0.3) is 0 Å². The molecule has 0 atom stereocenters. The maximum atomic E-state index is 13.0. The van der Waals surface area contributed by atoms with E-state index in [2.05, 4.69) is 5.32 Å². The monoisotopic (exact) mass is 419 g/mol. The minimum atomic E-state index is -3.64. The molecular weight excluding hydrogens is 394 g/mol. The summed E-state index contributed by atoms with van der Waals surface area (Å²) in [7, 11) is -1.83. The number of benzene rings is 1. The fourth-order valence-electron chi connectivity index (χ4n) is 3.11. The SMILES string of the molecule is CNCCC(=O)N1CCCN(S(=O)(=O)c2ccc3c(c2)OCCO3)CC1.Cl. The first-order valence-electron chi connectivity index (χ1n) is 8.84. The number of amides is 1. The number of hydrogen-bond acceptors (Lipinski definition) is 6. The van der Waals surface area contributed by atoms with Crippen molar-refractivity contribution in [1.82, 2.24) is 14.5 Å². The van der Waals surface area contributed by atoms with Gasteiger partial charge in [-0.3, -0.25) is 4.79 Å². The Morgan fingerprint density at radius 2 is 1.85 bits per heavy atom. The summed E-state index contributed by atoms with van der Waals surface area (Å²) < 4.78 is 38.4. The van der Waals surface area contributed by atoms with Gasteiger partial charge in [0.25, 0.3) is 0 Å². The van der Waals surface area contributed by atoms with E-state index in [0.717, 1.165) is 0 Å². The van der Waals surface area contributed by atoms with E-state index >= 15 is 0 Å². The number of halogens is 1. The van der Waals surface area contributed by atoms with Crippen LogP contribution in [0.4, 0.5) is 0 Å². The molecule has 2 aliphatic heterocycles. The van der Waals surface area contributed by atoms with E-state index in [1.807, 2.05) is 0 Å². The molecule has 1 saturated heterocycles. The normalized spacial score (nSPS) is 17.7. The highest BCUT2D eigenvalue weighted by Gasteiger charge is 2.29. The molecule has 0 radical (unpaired) electrons. The maximum absolute atomic E-state index is 13.0. The molecule has 0 bridgehead atoms. The molecule has 2 aliphatic rings. The van der Waals surface area contributed by atoms with Crippen molar-refractivity contribution in [1.29, 1.82) is 0 Å². The number of carbonyl (C=O) groups is 1. The van der Waals surface area contributed by atoms with Gasteiger partial charge in [-0.2, -0.15) is 4.31 Å². The van der Waals surface area contributed by atoms with E-state index in [1.54, 1.807) is 24.1 Å². The summed E-state index contributed by atoms with van der Waals surface area (Å²) in [6, 6.07) is 4.70. The summed E-state index contributed by atoms with van der Waals surface area (Å²) >= 11 is 0. The highest BCUT2D eigenvalue weighted by atomic mass is 35.5. The highest BCUT2D eigenvalue weighted by Crippen LogP contribution is 2.33. The zero-order valence-corrected chi connectivity index (χ0v) is 17.0. The first-order valence-corrected chi connectivity index (χ1v) is 10.3. The fraction of sp³-hybridized carbons (Fsp3) is 0.588. The lowest BCUT2D eigenvalue weighted by Crippen LogP contribution is -2.38. The van der Waals surface area contributed by atoms with Crippen LogP contribution >= 0.6 is 12.4 Å². The number of carbonyl (C=O) groups excluding carboxylic acids is 1. The largest absolute Gasteiger partial charge is 0.486 e. The molecule has 0 aromatic heterocycles. The van der Waals surface area contributed by atoms with Crippen LogP contribution in [0, 0.1) is 0 Å². The second kappa shape index (κ2) is 9.59. The Morgan fingerprint density at radius 3 is 2.59 bits per heavy atom. The van der Waals surface area contributed by atoms with Gasteiger partial charge in [0.2, 0.25) is 15.9 Å². The quantitative estimate of drug-likeness (QED) is 0.756. The maximum Gasteiger partial charge on any atom is 0.243 e. The second-order valence-electron chi connectivity index (χ2n) is 6.30. The van der Waals surface area contributed by atoms with Crippen LogP contribution in [0.2, 0.25) is 0 Å². The lowest BCUT2D eigenvalue weighted by molar-refractivity contribution is -0.130. The molecule has 0 aliphatic carbocycles. The predicted molar refractivity (Wildman–Crippen MR) is 103 cm³/mol. The summed E-state index contributed by atoms with van der Waals surface area (Å²) in [6.07, 6.45) is 1.04. The molecule has 0 spiro atoms. The third-order valence-electron chi connectivity index (χ3n) is 4.55. The number of nitrogens with one attached hydrogen (secondary N) is 1. The van der Waals surface area contributed by atoms with Crippen molar-refractivity contribution in [2.75, 3.05) is 53.0 Å². The number of ether oxygens (including phenoxy) is 2. The Balaban J connectivity index is 0.00000261. The number of hydrogen-bond donors (Lipinski definition) is 1. The van der Waals surface area contributed by atoms with E-state index in [1.165, 1.54) is 10.4 Å². The number of nitrogens with zero attached hydrogens (tertiary/aromatic N) is 2. The first-order chi connectivity index (χ1) is 12.5. The Kier molecular flexibility index (Phi) is 7.72. The van der Waals surface area contributed by atoms with Crippen LogP contribution in [0.1, 0.15) is 12.8 Å². The number of rotatable bonds is 5. The highest BCUT2D eigenvalue weighted by molar-refractivity contribution is 7.89. The topological polar surface area (TPSA) is 88.2 Å². The fourth-order valence-corrected chi connectivity index (χ4v) is 4.59. The predicted octanol–water partition coefficient (Wildman–Crippen LogP) is 0.712. The third-order valence-corrected chi connectivity index (χ3v) is 6.44. The van der Waals surface area contributed by atoms with Gasteiger partial charge in [-0.05, 0) is 25.6 Å². The van der Waals surface area contributed by atoms with Crippen molar-refractivity contribution in [2.24, 2.45) is 0 Å². The van der Waals surface area contributed by atoms with Gasteiger partial charge in [0.1, 0.15) is 13.2 Å². The number of fused-ring (bicyclic) bond motifs is 1. The van der Waals surface area contributed by atoms with Crippen LogP contribution in [0.5, 0.6) is 11.5 Å². The van der Waals surface area contributed by atoms with Crippen molar-refractivity contribution < 1.29 is 22.7 Å². The summed E-state index contributed by atoms with van der Waals surface area (Å²) in [5, 5.41) is 2.96. The molecule has 152 valence electrons. The van der Waals surface area contributed by atoms with E-state index in [9.17, 15) is 13.2 Å². The van der Waals surface area contributed by atoms with E-state index in [0.29, 0.717) is 70.3 Å². The standard InChI is InChI=1S/C17H25N3O5S.ClH/c1-18-6-5-17(21)19-7-2-8-20(10-9-19)26(22,23)14-3-4-15-16(13-14)25-12-11-24-15;/h3-4,13,18H,2,5-12H2,1H3;1H. The zero-order valence-electron chi connectivity index (χ0n) is 15.3. The van der Waals surface area contributed by atoms with Gasteiger partial charge < -0.3 is 19.7 Å². The summed E-state index contributed by atoms with van der Waals surface area (Å²) in [6.45, 7) is 3.16. The van der Waals surface area contributed by atoms with Gasteiger partial charge >= 0.3 is 0 Å². The molecule has 1 aromatic carbocycles. The molecule has 3 rings (SSSR count). The molecule has 8 nitrogen and oxygen atoms in total. The molecule has 0 saturated carbocycles. The Morgan fingerprint density at radius 1 is 1.11 bits per heavy atom. The van der Waals surface area contributed by atoms with Gasteiger partial charge in [-0.15, -0.1) is 12.4 Å². The average Bonchev–Trinajstić information content (AvgIpc) is 2.92.